The molecule has 8 nitrogen and oxygen atoms in total. The molecule has 1 atom stereocenters. The van der Waals surface area contributed by atoms with Crippen LogP contribution in [-0.4, -0.2) is 61.7 Å². The largest absolute Gasteiger partial charge is 0.370 e. The van der Waals surface area contributed by atoms with E-state index in [-0.39, 0.29) is 55.8 Å². The van der Waals surface area contributed by atoms with Crippen molar-refractivity contribution in [2.45, 2.75) is 17.4 Å². The SMILES string of the molecule is Cl.NC(=O)CC(N)C(=O)N1CCN(S(=O)(=O)c2ccccc2)CC1. The summed E-state index contributed by atoms with van der Waals surface area (Å²) in [6, 6.07) is 7.16. The van der Waals surface area contributed by atoms with Crippen LogP contribution in [0.3, 0.4) is 0 Å². The molecule has 0 spiro atoms. The van der Waals surface area contributed by atoms with Gasteiger partial charge in [-0.2, -0.15) is 4.31 Å². The van der Waals surface area contributed by atoms with Gasteiger partial charge in [0.05, 0.1) is 17.4 Å². The molecule has 4 N–H and O–H groups in total. The number of hydrogen-bond donors (Lipinski definition) is 2. The van der Waals surface area contributed by atoms with Crippen LogP contribution < -0.4 is 11.5 Å². The van der Waals surface area contributed by atoms with Crippen molar-refractivity contribution in [2.24, 2.45) is 11.5 Å². The van der Waals surface area contributed by atoms with Crippen LogP contribution in [0.15, 0.2) is 35.2 Å². The Morgan fingerprint density at radius 3 is 2.12 bits per heavy atom. The zero-order valence-corrected chi connectivity index (χ0v) is 14.6. The number of primary amides is 1. The Labute approximate surface area is 147 Å². The van der Waals surface area contributed by atoms with Gasteiger partial charge in [-0.1, -0.05) is 18.2 Å². The smallest absolute Gasteiger partial charge is 0.243 e. The molecular weight excluding hydrogens is 356 g/mol. The van der Waals surface area contributed by atoms with E-state index in [1.807, 2.05) is 0 Å². The van der Waals surface area contributed by atoms with Crippen LogP contribution in [0.2, 0.25) is 0 Å². The van der Waals surface area contributed by atoms with Crippen molar-refractivity contribution in [2.75, 3.05) is 26.2 Å². The van der Waals surface area contributed by atoms with E-state index < -0.39 is 22.0 Å². The molecule has 1 aliphatic rings. The van der Waals surface area contributed by atoms with Gasteiger partial charge in [-0.15, -0.1) is 12.4 Å². The van der Waals surface area contributed by atoms with E-state index in [0.29, 0.717) is 0 Å². The van der Waals surface area contributed by atoms with Crippen molar-refractivity contribution in [3.05, 3.63) is 30.3 Å². The summed E-state index contributed by atoms with van der Waals surface area (Å²) in [6.45, 7) is 0.841. The summed E-state index contributed by atoms with van der Waals surface area (Å²) >= 11 is 0. The van der Waals surface area contributed by atoms with Gasteiger partial charge in [0.15, 0.2) is 0 Å². The molecule has 0 radical (unpaired) electrons. The molecule has 2 amide bonds. The van der Waals surface area contributed by atoms with E-state index in [1.165, 1.54) is 21.3 Å². The molecule has 1 saturated heterocycles. The molecule has 10 heteroatoms. The minimum absolute atomic E-state index is 0. The maximum atomic E-state index is 12.5. The molecule has 24 heavy (non-hydrogen) atoms. The first kappa shape index (κ1) is 20.4. The lowest BCUT2D eigenvalue weighted by molar-refractivity contribution is -0.135. The zero-order valence-electron chi connectivity index (χ0n) is 13.0. The van der Waals surface area contributed by atoms with Gasteiger partial charge >= 0.3 is 0 Å². The highest BCUT2D eigenvalue weighted by atomic mass is 35.5. The van der Waals surface area contributed by atoms with Crippen LogP contribution in [0.1, 0.15) is 6.42 Å². The van der Waals surface area contributed by atoms with Crippen molar-refractivity contribution in [3.63, 3.8) is 0 Å². The molecule has 0 aromatic heterocycles. The number of hydrogen-bond acceptors (Lipinski definition) is 5. The highest BCUT2D eigenvalue weighted by molar-refractivity contribution is 7.89. The monoisotopic (exact) mass is 376 g/mol. The Balaban J connectivity index is 0.00000288. The molecule has 134 valence electrons. The second kappa shape index (κ2) is 8.43. The third kappa shape index (κ3) is 4.67. The second-order valence-corrected chi connectivity index (χ2v) is 7.26. The summed E-state index contributed by atoms with van der Waals surface area (Å²) in [6.07, 6.45) is -0.221. The fourth-order valence-corrected chi connectivity index (χ4v) is 3.87. The quantitative estimate of drug-likeness (QED) is 0.691. The first-order valence-electron chi connectivity index (χ1n) is 7.20. The Morgan fingerprint density at radius 1 is 1.08 bits per heavy atom. The number of carbonyl (C=O) groups is 2. The van der Waals surface area contributed by atoms with Crippen molar-refractivity contribution in [1.29, 1.82) is 0 Å². The van der Waals surface area contributed by atoms with Gasteiger partial charge in [0, 0.05) is 26.2 Å². The lowest BCUT2D eigenvalue weighted by Crippen LogP contribution is -2.54. The third-order valence-corrected chi connectivity index (χ3v) is 5.58. The standard InChI is InChI=1S/C14H20N4O4S.ClH/c15-12(10-13(16)19)14(20)17-6-8-18(9-7-17)23(21,22)11-4-2-1-3-5-11;/h1-5,12H,6-10,15H2,(H2,16,19);1H. The molecular formula is C14H21ClN4O4S. The average molecular weight is 377 g/mol. The van der Waals surface area contributed by atoms with E-state index in [2.05, 4.69) is 0 Å². The highest BCUT2D eigenvalue weighted by Gasteiger charge is 2.31. The second-order valence-electron chi connectivity index (χ2n) is 5.32. The predicted molar refractivity (Wildman–Crippen MR) is 90.8 cm³/mol. The Morgan fingerprint density at radius 2 is 1.62 bits per heavy atom. The van der Waals surface area contributed by atoms with Crippen LogP contribution in [0.25, 0.3) is 0 Å². The van der Waals surface area contributed by atoms with Crippen LogP contribution in [0.4, 0.5) is 0 Å². The molecule has 1 aromatic carbocycles. The van der Waals surface area contributed by atoms with Crippen LogP contribution in [-0.2, 0) is 19.6 Å². The molecule has 1 aromatic rings. The van der Waals surface area contributed by atoms with Gasteiger partial charge in [-0.05, 0) is 12.1 Å². The number of benzene rings is 1. The fraction of sp³-hybridized carbons (Fsp3) is 0.429. The zero-order chi connectivity index (χ0) is 17.0. The Hall–Kier alpha value is -1.68. The van der Waals surface area contributed by atoms with E-state index in [9.17, 15) is 18.0 Å². The fourth-order valence-electron chi connectivity index (χ4n) is 2.43. The van der Waals surface area contributed by atoms with E-state index in [4.69, 9.17) is 11.5 Å². The van der Waals surface area contributed by atoms with E-state index in [0.717, 1.165) is 0 Å². The van der Waals surface area contributed by atoms with Crippen LogP contribution in [0, 0.1) is 0 Å². The van der Waals surface area contributed by atoms with Gasteiger partial charge in [0.1, 0.15) is 0 Å². The van der Waals surface area contributed by atoms with E-state index >= 15 is 0 Å². The predicted octanol–water partition coefficient (Wildman–Crippen LogP) is -0.856. The molecule has 0 bridgehead atoms. The molecule has 0 aliphatic carbocycles. The number of carbonyl (C=O) groups excluding carboxylic acids is 2. The van der Waals surface area contributed by atoms with Gasteiger partial charge < -0.3 is 16.4 Å². The third-order valence-electron chi connectivity index (χ3n) is 3.67. The number of nitrogens with two attached hydrogens (primary N) is 2. The number of sulfonamides is 1. The topological polar surface area (TPSA) is 127 Å². The average Bonchev–Trinajstić information content (AvgIpc) is 2.54. The van der Waals surface area contributed by atoms with Crippen molar-refractivity contribution < 1.29 is 18.0 Å². The number of nitrogens with zero attached hydrogens (tertiary/aromatic N) is 2. The summed E-state index contributed by atoms with van der Waals surface area (Å²) in [5.74, 6) is -1.03. The lowest BCUT2D eigenvalue weighted by Gasteiger charge is -2.35. The van der Waals surface area contributed by atoms with Crippen molar-refractivity contribution in [1.82, 2.24) is 9.21 Å². The Bertz CT molecular complexity index is 675. The summed E-state index contributed by atoms with van der Waals surface area (Å²) in [5, 5.41) is 0. The number of halogens is 1. The van der Waals surface area contributed by atoms with Crippen LogP contribution >= 0.6 is 12.4 Å². The van der Waals surface area contributed by atoms with Gasteiger partial charge in [-0.3, -0.25) is 9.59 Å². The summed E-state index contributed by atoms with van der Waals surface area (Å²) in [7, 11) is -3.56. The molecule has 0 saturated carbocycles. The molecule has 1 fully saturated rings. The summed E-state index contributed by atoms with van der Waals surface area (Å²) < 4.78 is 26.3. The summed E-state index contributed by atoms with van der Waals surface area (Å²) in [5.41, 5.74) is 10.7. The molecule has 1 unspecified atom stereocenters. The van der Waals surface area contributed by atoms with Crippen molar-refractivity contribution in [3.8, 4) is 0 Å². The highest BCUT2D eigenvalue weighted by Crippen LogP contribution is 2.17. The van der Waals surface area contributed by atoms with Gasteiger partial charge in [0.2, 0.25) is 21.8 Å². The molecule has 1 heterocycles. The minimum Gasteiger partial charge on any atom is -0.370 e. The number of piperazine rings is 1. The summed E-state index contributed by atoms with van der Waals surface area (Å²) in [4.78, 5) is 24.6. The minimum atomic E-state index is -3.56. The Kier molecular flexibility index (Phi) is 7.15. The van der Waals surface area contributed by atoms with Gasteiger partial charge in [-0.25, -0.2) is 8.42 Å². The first-order chi connectivity index (χ1) is 10.8. The molecule has 1 aliphatic heterocycles. The van der Waals surface area contributed by atoms with Crippen molar-refractivity contribution >= 4 is 34.2 Å². The van der Waals surface area contributed by atoms with Crippen LogP contribution in [0.5, 0.6) is 0 Å². The number of amides is 2. The normalized spacial score (nSPS) is 17.0. The first-order valence-corrected chi connectivity index (χ1v) is 8.64. The lowest BCUT2D eigenvalue weighted by atomic mass is 10.1. The molecule has 2 rings (SSSR count). The van der Waals surface area contributed by atoms with E-state index in [1.54, 1.807) is 18.2 Å². The number of rotatable bonds is 5. The van der Waals surface area contributed by atoms with Gasteiger partial charge in [0.25, 0.3) is 0 Å². The maximum absolute atomic E-state index is 12.5. The maximum Gasteiger partial charge on any atom is 0.243 e.